The molecular weight excluding hydrogens is 250 g/mol. The third-order valence-corrected chi connectivity index (χ3v) is 3.78. The van der Waals surface area contributed by atoms with Gasteiger partial charge in [0.2, 0.25) is 5.95 Å². The van der Waals surface area contributed by atoms with E-state index in [0.29, 0.717) is 6.61 Å². The van der Waals surface area contributed by atoms with Crippen molar-refractivity contribution >= 4 is 5.95 Å². The molecule has 1 aliphatic carbocycles. The Morgan fingerprint density at radius 1 is 1.30 bits per heavy atom. The number of nitrogens with zero attached hydrogens (tertiary/aromatic N) is 2. The number of fused-ring (bicyclic) bond motifs is 1. The number of ether oxygens (including phenoxy) is 1. The summed E-state index contributed by atoms with van der Waals surface area (Å²) in [6, 6.07) is 6.74. The molecule has 3 rings (SSSR count). The number of imidazole rings is 1. The molecule has 20 heavy (non-hydrogen) atoms. The molecule has 4 heteroatoms. The number of nitrogens with one attached hydrogen (secondary N) is 1. The predicted octanol–water partition coefficient (Wildman–Crippen LogP) is 2.73. The highest BCUT2D eigenvalue weighted by molar-refractivity contribution is 5.48. The van der Waals surface area contributed by atoms with Gasteiger partial charge in [-0.2, -0.15) is 0 Å². The van der Waals surface area contributed by atoms with Gasteiger partial charge in [-0.15, -0.1) is 0 Å². The average molecular weight is 271 g/mol. The third kappa shape index (κ3) is 2.56. The molecule has 2 aromatic rings. The fraction of sp³-hybridized carbons (Fsp3) is 0.438. The molecule has 0 aliphatic heterocycles. The van der Waals surface area contributed by atoms with Crippen molar-refractivity contribution in [2.75, 3.05) is 25.6 Å². The highest BCUT2D eigenvalue weighted by Crippen LogP contribution is 2.26. The van der Waals surface area contributed by atoms with Crippen molar-refractivity contribution in [3.63, 3.8) is 0 Å². The molecule has 0 atom stereocenters. The zero-order chi connectivity index (χ0) is 13.9. The average Bonchev–Trinajstić information content (AvgIpc) is 3.04. The van der Waals surface area contributed by atoms with E-state index in [4.69, 9.17) is 4.74 Å². The van der Waals surface area contributed by atoms with Crippen LogP contribution in [0, 0.1) is 6.92 Å². The van der Waals surface area contributed by atoms with Gasteiger partial charge in [-0.3, -0.25) is 4.57 Å². The summed E-state index contributed by atoms with van der Waals surface area (Å²) < 4.78 is 7.21. The lowest BCUT2D eigenvalue weighted by molar-refractivity contribution is 0.210. The number of aromatic nitrogens is 2. The van der Waals surface area contributed by atoms with Crippen LogP contribution in [-0.2, 0) is 17.6 Å². The minimum atomic E-state index is 0.677. The lowest BCUT2D eigenvalue weighted by atomic mass is 10.1. The van der Waals surface area contributed by atoms with Crippen LogP contribution in [0.25, 0.3) is 5.69 Å². The molecule has 1 aromatic heterocycles. The second kappa shape index (κ2) is 5.67. The Bertz CT molecular complexity index is 604. The molecule has 0 saturated carbocycles. The van der Waals surface area contributed by atoms with E-state index in [1.54, 1.807) is 7.11 Å². The predicted molar refractivity (Wildman–Crippen MR) is 80.7 cm³/mol. The SMILES string of the molecule is COCCNc1nc(C)cn1-c1ccc2c(c1)CCC2. The lowest BCUT2D eigenvalue weighted by Crippen LogP contribution is -2.11. The van der Waals surface area contributed by atoms with Gasteiger partial charge >= 0.3 is 0 Å². The van der Waals surface area contributed by atoms with Crippen molar-refractivity contribution in [2.24, 2.45) is 0 Å². The van der Waals surface area contributed by atoms with E-state index in [1.807, 2.05) is 6.92 Å². The van der Waals surface area contributed by atoms with Crippen molar-refractivity contribution in [3.05, 3.63) is 41.2 Å². The maximum absolute atomic E-state index is 5.08. The summed E-state index contributed by atoms with van der Waals surface area (Å²) in [7, 11) is 1.71. The Balaban J connectivity index is 1.89. The number of hydrogen-bond acceptors (Lipinski definition) is 3. The van der Waals surface area contributed by atoms with Gasteiger partial charge in [0.05, 0.1) is 12.3 Å². The zero-order valence-electron chi connectivity index (χ0n) is 12.1. The number of methoxy groups -OCH3 is 1. The highest BCUT2D eigenvalue weighted by atomic mass is 16.5. The summed E-state index contributed by atoms with van der Waals surface area (Å²) in [5.41, 5.74) is 5.19. The van der Waals surface area contributed by atoms with Crippen LogP contribution in [0.3, 0.4) is 0 Å². The first-order valence-electron chi connectivity index (χ1n) is 7.19. The summed E-state index contributed by atoms with van der Waals surface area (Å²) in [6.45, 7) is 3.46. The van der Waals surface area contributed by atoms with E-state index in [-0.39, 0.29) is 0 Å². The smallest absolute Gasteiger partial charge is 0.207 e. The first-order valence-corrected chi connectivity index (χ1v) is 7.19. The van der Waals surface area contributed by atoms with Crippen molar-refractivity contribution in [1.29, 1.82) is 0 Å². The van der Waals surface area contributed by atoms with Crippen LogP contribution in [0.2, 0.25) is 0 Å². The van der Waals surface area contributed by atoms with Gasteiger partial charge in [0.25, 0.3) is 0 Å². The molecule has 0 unspecified atom stereocenters. The molecule has 0 fully saturated rings. The number of anilines is 1. The van der Waals surface area contributed by atoms with E-state index in [1.165, 1.54) is 36.1 Å². The van der Waals surface area contributed by atoms with Gasteiger partial charge in [0.15, 0.2) is 0 Å². The molecule has 1 N–H and O–H groups in total. The van der Waals surface area contributed by atoms with Gasteiger partial charge in [0.1, 0.15) is 0 Å². The quantitative estimate of drug-likeness (QED) is 0.850. The zero-order valence-corrected chi connectivity index (χ0v) is 12.1. The first kappa shape index (κ1) is 13.2. The first-order chi connectivity index (χ1) is 9.78. The van der Waals surface area contributed by atoms with Crippen LogP contribution in [0.15, 0.2) is 24.4 Å². The van der Waals surface area contributed by atoms with Crippen molar-refractivity contribution in [2.45, 2.75) is 26.2 Å². The van der Waals surface area contributed by atoms with E-state index in [2.05, 4.69) is 39.3 Å². The molecule has 0 saturated heterocycles. The summed E-state index contributed by atoms with van der Waals surface area (Å²) in [6.07, 6.45) is 5.77. The lowest BCUT2D eigenvalue weighted by Gasteiger charge is -2.11. The molecule has 4 nitrogen and oxygen atoms in total. The maximum atomic E-state index is 5.08. The van der Waals surface area contributed by atoms with Gasteiger partial charge in [-0.05, 0) is 49.4 Å². The summed E-state index contributed by atoms with van der Waals surface area (Å²) >= 11 is 0. The molecule has 0 spiro atoms. The fourth-order valence-electron chi connectivity index (χ4n) is 2.79. The molecule has 1 aliphatic rings. The van der Waals surface area contributed by atoms with Crippen LogP contribution < -0.4 is 5.32 Å². The molecule has 1 heterocycles. The van der Waals surface area contributed by atoms with E-state index >= 15 is 0 Å². The second-order valence-corrected chi connectivity index (χ2v) is 5.30. The number of rotatable bonds is 5. The Hall–Kier alpha value is -1.81. The standard InChI is InChI=1S/C16H21N3O/c1-12-11-19(16(18-12)17-8-9-20-2)15-7-6-13-4-3-5-14(13)10-15/h6-7,10-11H,3-5,8-9H2,1-2H3,(H,17,18). The van der Waals surface area contributed by atoms with Gasteiger partial charge in [-0.1, -0.05) is 6.07 Å². The highest BCUT2D eigenvalue weighted by Gasteiger charge is 2.13. The van der Waals surface area contributed by atoms with E-state index in [9.17, 15) is 0 Å². The Labute approximate surface area is 119 Å². The maximum Gasteiger partial charge on any atom is 0.207 e. The van der Waals surface area contributed by atoms with Crippen LogP contribution >= 0.6 is 0 Å². The number of hydrogen-bond donors (Lipinski definition) is 1. The molecule has 0 radical (unpaired) electrons. The van der Waals surface area contributed by atoms with Crippen molar-refractivity contribution in [3.8, 4) is 5.69 Å². The monoisotopic (exact) mass is 271 g/mol. The molecule has 1 aromatic carbocycles. The number of aryl methyl sites for hydroxylation is 3. The van der Waals surface area contributed by atoms with Crippen LogP contribution in [0.4, 0.5) is 5.95 Å². The minimum absolute atomic E-state index is 0.677. The summed E-state index contributed by atoms with van der Waals surface area (Å²) in [5, 5.41) is 3.33. The molecule has 0 amide bonds. The fourth-order valence-corrected chi connectivity index (χ4v) is 2.79. The van der Waals surface area contributed by atoms with E-state index in [0.717, 1.165) is 18.2 Å². The van der Waals surface area contributed by atoms with E-state index < -0.39 is 0 Å². The normalized spacial score (nSPS) is 13.5. The van der Waals surface area contributed by atoms with Gasteiger partial charge in [0, 0.05) is 25.5 Å². The summed E-state index contributed by atoms with van der Waals surface area (Å²) in [4.78, 5) is 4.55. The Kier molecular flexibility index (Phi) is 3.74. The molecule has 0 bridgehead atoms. The van der Waals surface area contributed by atoms with Crippen LogP contribution in [0.5, 0.6) is 0 Å². The molecular formula is C16H21N3O. The summed E-state index contributed by atoms with van der Waals surface area (Å²) in [5.74, 6) is 0.887. The van der Waals surface area contributed by atoms with Crippen LogP contribution in [-0.4, -0.2) is 29.8 Å². The van der Waals surface area contributed by atoms with Gasteiger partial charge < -0.3 is 10.1 Å². The van der Waals surface area contributed by atoms with Crippen molar-refractivity contribution < 1.29 is 4.74 Å². The van der Waals surface area contributed by atoms with Gasteiger partial charge in [-0.25, -0.2) is 4.98 Å². The molecule has 106 valence electrons. The Morgan fingerprint density at radius 2 is 2.15 bits per heavy atom. The minimum Gasteiger partial charge on any atom is -0.383 e. The Morgan fingerprint density at radius 3 is 3.00 bits per heavy atom. The third-order valence-electron chi connectivity index (χ3n) is 3.78. The van der Waals surface area contributed by atoms with Crippen LogP contribution in [0.1, 0.15) is 23.2 Å². The largest absolute Gasteiger partial charge is 0.383 e. The van der Waals surface area contributed by atoms with Crippen molar-refractivity contribution in [1.82, 2.24) is 9.55 Å². The second-order valence-electron chi connectivity index (χ2n) is 5.30. The topological polar surface area (TPSA) is 39.1 Å². The number of benzene rings is 1.